The molecule has 1 unspecified atom stereocenters. The maximum atomic E-state index is 12.7. The van der Waals surface area contributed by atoms with Gasteiger partial charge in [-0.3, -0.25) is 9.69 Å². The molecule has 3 rings (SSSR count). The fraction of sp³-hybridized carbons (Fsp3) is 0.381. The Kier molecular flexibility index (Phi) is 8.57. The van der Waals surface area contributed by atoms with Crippen molar-refractivity contribution in [2.75, 3.05) is 52.8 Å². The van der Waals surface area contributed by atoms with Crippen LogP contribution in [-0.2, 0) is 4.79 Å². The van der Waals surface area contributed by atoms with E-state index in [0.717, 1.165) is 30.9 Å². The summed E-state index contributed by atoms with van der Waals surface area (Å²) >= 11 is 0. The van der Waals surface area contributed by atoms with Crippen LogP contribution in [0.1, 0.15) is 11.6 Å². The molecule has 0 aliphatic carbocycles. The summed E-state index contributed by atoms with van der Waals surface area (Å²) in [7, 11) is 4.82. The van der Waals surface area contributed by atoms with Gasteiger partial charge in [-0.2, -0.15) is 0 Å². The molecule has 0 bridgehead atoms. The van der Waals surface area contributed by atoms with Crippen molar-refractivity contribution in [2.45, 2.75) is 6.04 Å². The standard InChI is InChI=1S/C21H27N3O4.ClH/c1-26-18-7-5-4-6-16(18)17-13-22-10-11-24(17)14-21(25)23-15-8-9-19(27-2)20(12-15)28-3;/h4-9,12,17,22H,10-11,13-14H2,1-3H3,(H,23,25);1H. The van der Waals surface area contributed by atoms with Gasteiger partial charge in [0.2, 0.25) is 5.91 Å². The zero-order valence-corrected chi connectivity index (χ0v) is 17.8. The van der Waals surface area contributed by atoms with Crippen LogP contribution in [0.25, 0.3) is 0 Å². The number of piperazine rings is 1. The minimum absolute atomic E-state index is 0. The second-order valence-corrected chi connectivity index (χ2v) is 6.55. The van der Waals surface area contributed by atoms with Gasteiger partial charge in [-0.1, -0.05) is 18.2 Å². The zero-order valence-electron chi connectivity index (χ0n) is 16.9. The summed E-state index contributed by atoms with van der Waals surface area (Å²) in [6.07, 6.45) is 0. The third-order valence-electron chi connectivity index (χ3n) is 4.87. The van der Waals surface area contributed by atoms with E-state index in [0.29, 0.717) is 23.7 Å². The number of benzene rings is 2. The molecule has 1 aliphatic rings. The van der Waals surface area contributed by atoms with Crippen molar-refractivity contribution in [1.82, 2.24) is 10.2 Å². The lowest BCUT2D eigenvalue weighted by atomic mass is 10.0. The molecule has 1 heterocycles. The number of ether oxygens (including phenoxy) is 3. The van der Waals surface area contributed by atoms with Crippen molar-refractivity contribution in [3.05, 3.63) is 48.0 Å². The molecule has 7 nitrogen and oxygen atoms in total. The van der Waals surface area contributed by atoms with Crippen molar-refractivity contribution in [3.63, 3.8) is 0 Å². The number of nitrogens with one attached hydrogen (secondary N) is 2. The Labute approximate surface area is 177 Å². The SMILES string of the molecule is COc1ccc(NC(=O)CN2CCNCC2c2ccccc2OC)cc1OC.Cl. The number of para-hydroxylation sites is 1. The molecule has 1 aliphatic heterocycles. The molecule has 2 aromatic carbocycles. The van der Waals surface area contributed by atoms with E-state index >= 15 is 0 Å². The third-order valence-corrected chi connectivity index (χ3v) is 4.87. The van der Waals surface area contributed by atoms with Crippen LogP contribution in [-0.4, -0.2) is 58.3 Å². The largest absolute Gasteiger partial charge is 0.496 e. The van der Waals surface area contributed by atoms with E-state index in [4.69, 9.17) is 14.2 Å². The second-order valence-electron chi connectivity index (χ2n) is 6.55. The summed E-state index contributed by atoms with van der Waals surface area (Å²) in [5.74, 6) is 1.96. The number of halogens is 1. The number of hydrogen-bond acceptors (Lipinski definition) is 6. The fourth-order valence-corrected chi connectivity index (χ4v) is 3.48. The number of methoxy groups -OCH3 is 3. The molecule has 0 aromatic heterocycles. The van der Waals surface area contributed by atoms with Crippen LogP contribution in [0.5, 0.6) is 17.2 Å². The lowest BCUT2D eigenvalue weighted by Gasteiger charge is -2.36. The van der Waals surface area contributed by atoms with E-state index < -0.39 is 0 Å². The number of anilines is 1. The predicted molar refractivity (Wildman–Crippen MR) is 116 cm³/mol. The summed E-state index contributed by atoms with van der Waals surface area (Å²) < 4.78 is 16.1. The maximum absolute atomic E-state index is 12.7. The molecule has 0 saturated carbocycles. The Morgan fingerprint density at radius 2 is 1.79 bits per heavy atom. The van der Waals surface area contributed by atoms with Gasteiger partial charge < -0.3 is 24.8 Å². The molecule has 8 heteroatoms. The van der Waals surface area contributed by atoms with Crippen molar-refractivity contribution in [3.8, 4) is 17.2 Å². The molecule has 0 spiro atoms. The average Bonchev–Trinajstić information content (AvgIpc) is 2.74. The second kappa shape index (κ2) is 10.9. The Morgan fingerprint density at radius 1 is 1.07 bits per heavy atom. The van der Waals surface area contributed by atoms with Crippen LogP contribution < -0.4 is 24.8 Å². The highest BCUT2D eigenvalue weighted by Crippen LogP contribution is 2.31. The Balaban J connectivity index is 0.00000300. The summed E-state index contributed by atoms with van der Waals surface area (Å²) in [5, 5.41) is 6.35. The van der Waals surface area contributed by atoms with Gasteiger partial charge in [-0.05, 0) is 18.2 Å². The molecular weight excluding hydrogens is 394 g/mol. The molecule has 29 heavy (non-hydrogen) atoms. The number of amides is 1. The summed E-state index contributed by atoms with van der Waals surface area (Å²) in [6.45, 7) is 2.68. The van der Waals surface area contributed by atoms with Gasteiger partial charge in [0.05, 0.1) is 33.9 Å². The normalized spacial score (nSPS) is 16.4. The lowest BCUT2D eigenvalue weighted by molar-refractivity contribution is -0.118. The number of hydrogen-bond donors (Lipinski definition) is 2. The Bertz CT molecular complexity index is 818. The molecule has 1 amide bonds. The molecule has 1 atom stereocenters. The quantitative estimate of drug-likeness (QED) is 0.716. The van der Waals surface area contributed by atoms with Gasteiger partial charge in [0.15, 0.2) is 11.5 Å². The van der Waals surface area contributed by atoms with E-state index in [2.05, 4.69) is 21.6 Å². The van der Waals surface area contributed by atoms with Gasteiger partial charge in [0, 0.05) is 37.0 Å². The highest BCUT2D eigenvalue weighted by molar-refractivity contribution is 5.92. The van der Waals surface area contributed by atoms with Gasteiger partial charge in [-0.25, -0.2) is 0 Å². The van der Waals surface area contributed by atoms with Crippen molar-refractivity contribution < 1.29 is 19.0 Å². The van der Waals surface area contributed by atoms with Crippen LogP contribution >= 0.6 is 12.4 Å². The van der Waals surface area contributed by atoms with Crippen molar-refractivity contribution in [1.29, 1.82) is 0 Å². The highest BCUT2D eigenvalue weighted by Gasteiger charge is 2.27. The van der Waals surface area contributed by atoms with Crippen LogP contribution in [0, 0.1) is 0 Å². The topological polar surface area (TPSA) is 72.1 Å². The summed E-state index contributed by atoms with van der Waals surface area (Å²) in [5.41, 5.74) is 1.75. The van der Waals surface area contributed by atoms with E-state index in [1.807, 2.05) is 18.2 Å². The highest BCUT2D eigenvalue weighted by atomic mass is 35.5. The van der Waals surface area contributed by atoms with E-state index in [1.54, 1.807) is 39.5 Å². The average molecular weight is 422 g/mol. The molecule has 2 aromatic rings. The van der Waals surface area contributed by atoms with Gasteiger partial charge in [0.25, 0.3) is 0 Å². The monoisotopic (exact) mass is 421 g/mol. The molecular formula is C21H28ClN3O4. The molecule has 2 N–H and O–H groups in total. The summed E-state index contributed by atoms with van der Waals surface area (Å²) in [4.78, 5) is 14.9. The predicted octanol–water partition coefficient (Wildman–Crippen LogP) is 2.72. The van der Waals surface area contributed by atoms with Crippen LogP contribution in [0.15, 0.2) is 42.5 Å². The van der Waals surface area contributed by atoms with Crippen LogP contribution in [0.3, 0.4) is 0 Å². The minimum atomic E-state index is -0.0750. The Morgan fingerprint density at radius 3 is 2.52 bits per heavy atom. The first-order valence-corrected chi connectivity index (χ1v) is 9.25. The third kappa shape index (κ3) is 5.53. The molecule has 158 valence electrons. The first-order chi connectivity index (χ1) is 13.7. The van der Waals surface area contributed by atoms with E-state index in [9.17, 15) is 4.79 Å². The van der Waals surface area contributed by atoms with E-state index in [-0.39, 0.29) is 24.4 Å². The zero-order chi connectivity index (χ0) is 19.9. The molecule has 1 saturated heterocycles. The van der Waals surface area contributed by atoms with Crippen LogP contribution in [0.4, 0.5) is 5.69 Å². The first kappa shape index (κ1) is 22.8. The smallest absolute Gasteiger partial charge is 0.238 e. The van der Waals surface area contributed by atoms with Gasteiger partial charge in [-0.15, -0.1) is 12.4 Å². The number of rotatable bonds is 7. The minimum Gasteiger partial charge on any atom is -0.496 e. The lowest BCUT2D eigenvalue weighted by Crippen LogP contribution is -2.48. The van der Waals surface area contributed by atoms with Crippen molar-refractivity contribution >= 4 is 24.0 Å². The molecule has 1 fully saturated rings. The number of carbonyl (C=O) groups excluding carboxylic acids is 1. The number of nitrogens with zero attached hydrogens (tertiary/aromatic N) is 1. The van der Waals surface area contributed by atoms with Crippen molar-refractivity contribution in [2.24, 2.45) is 0 Å². The van der Waals surface area contributed by atoms with Gasteiger partial charge >= 0.3 is 0 Å². The molecule has 0 radical (unpaired) electrons. The number of carbonyl (C=O) groups is 1. The van der Waals surface area contributed by atoms with E-state index in [1.165, 1.54) is 0 Å². The fourth-order valence-electron chi connectivity index (χ4n) is 3.48. The maximum Gasteiger partial charge on any atom is 0.238 e. The summed E-state index contributed by atoms with van der Waals surface area (Å²) in [6, 6.07) is 13.3. The first-order valence-electron chi connectivity index (χ1n) is 9.25. The Hall–Kier alpha value is -2.48. The van der Waals surface area contributed by atoms with Gasteiger partial charge in [0.1, 0.15) is 5.75 Å². The van der Waals surface area contributed by atoms with Crippen LogP contribution in [0.2, 0.25) is 0 Å².